The average Bonchev–Trinajstić information content (AvgIpc) is 2.63. The summed E-state index contributed by atoms with van der Waals surface area (Å²) in [7, 11) is 1.92. The van der Waals surface area contributed by atoms with Crippen LogP contribution in [-0.2, 0) is 0 Å². The second-order valence-electron chi connectivity index (χ2n) is 5.91. The van der Waals surface area contributed by atoms with E-state index in [1.165, 1.54) is 11.8 Å². The molecule has 0 saturated carbocycles. The number of aromatic nitrogens is 1. The van der Waals surface area contributed by atoms with Crippen molar-refractivity contribution in [3.63, 3.8) is 0 Å². The van der Waals surface area contributed by atoms with Crippen LogP contribution < -0.4 is 21.9 Å². The van der Waals surface area contributed by atoms with Gasteiger partial charge in [-0.25, -0.2) is 0 Å². The third-order valence-corrected chi connectivity index (χ3v) is 4.33. The summed E-state index contributed by atoms with van der Waals surface area (Å²) >= 11 is 0. The number of H-pyrrole nitrogens is 1. The Balaban J connectivity index is 1.72. The van der Waals surface area contributed by atoms with Crippen LogP contribution in [0.2, 0.25) is 0 Å². The largest absolute Gasteiger partial charge is 0.391 e. The minimum atomic E-state index is -0.0934. The molecular weight excluding hydrogens is 302 g/mol. The van der Waals surface area contributed by atoms with Crippen molar-refractivity contribution >= 4 is 11.4 Å². The lowest BCUT2D eigenvalue weighted by Crippen LogP contribution is -2.35. The van der Waals surface area contributed by atoms with Crippen molar-refractivity contribution in [2.75, 3.05) is 20.1 Å². The zero-order chi connectivity index (χ0) is 16.9. The zero-order valence-corrected chi connectivity index (χ0v) is 13.8. The number of aromatic amines is 1. The standard InChI is InChI=1S/C18H23N5O/c1-20-16-8-9-21-11-15(16)18(19)23-14-5-2-12(3-6-14)13-4-7-17(24)22-10-13/h2-5,7,10,14,20-21H,6,8-9,11H2,1H3,(H2,19,23)(H,22,24). The van der Waals surface area contributed by atoms with E-state index in [9.17, 15) is 4.79 Å². The average molecular weight is 325 g/mol. The molecule has 5 N–H and O–H groups in total. The van der Waals surface area contributed by atoms with Crippen LogP contribution in [0.5, 0.6) is 0 Å². The van der Waals surface area contributed by atoms with Gasteiger partial charge in [0, 0.05) is 50.1 Å². The van der Waals surface area contributed by atoms with Crippen LogP contribution in [0.25, 0.3) is 5.57 Å². The predicted molar refractivity (Wildman–Crippen MR) is 97.8 cm³/mol. The number of nitrogens with zero attached hydrogens (tertiary/aromatic N) is 1. The monoisotopic (exact) mass is 325 g/mol. The van der Waals surface area contributed by atoms with Crippen LogP contribution in [0.4, 0.5) is 0 Å². The molecule has 1 atom stereocenters. The summed E-state index contributed by atoms with van der Waals surface area (Å²) in [6.45, 7) is 1.71. The van der Waals surface area contributed by atoms with Gasteiger partial charge in [-0.1, -0.05) is 18.2 Å². The molecule has 1 aromatic rings. The smallest absolute Gasteiger partial charge is 0.247 e. The van der Waals surface area contributed by atoms with Crippen molar-refractivity contribution in [3.8, 4) is 0 Å². The lowest BCUT2D eigenvalue weighted by Gasteiger charge is -2.22. The highest BCUT2D eigenvalue weighted by molar-refractivity contribution is 5.98. The highest BCUT2D eigenvalue weighted by Gasteiger charge is 2.16. The summed E-state index contributed by atoms with van der Waals surface area (Å²) in [6, 6.07) is 3.41. The van der Waals surface area contributed by atoms with Gasteiger partial charge in [-0.3, -0.25) is 9.79 Å². The van der Waals surface area contributed by atoms with Crippen molar-refractivity contribution in [1.82, 2.24) is 15.6 Å². The van der Waals surface area contributed by atoms with Crippen LogP contribution in [0.15, 0.2) is 57.6 Å². The van der Waals surface area contributed by atoms with E-state index in [-0.39, 0.29) is 11.6 Å². The fourth-order valence-electron chi connectivity index (χ4n) is 2.97. The summed E-state index contributed by atoms with van der Waals surface area (Å²) in [5.41, 5.74) is 10.4. The SMILES string of the molecule is CNC1=C(C(N)=NC2C=CC(c3ccc(=O)[nH]c3)=CC2)CNCC1. The normalized spacial score (nSPS) is 21.6. The number of pyridine rings is 1. The highest BCUT2D eigenvalue weighted by Crippen LogP contribution is 2.22. The first-order valence-electron chi connectivity index (χ1n) is 8.19. The van der Waals surface area contributed by atoms with Gasteiger partial charge >= 0.3 is 0 Å². The van der Waals surface area contributed by atoms with Crippen molar-refractivity contribution in [2.24, 2.45) is 10.7 Å². The fourth-order valence-corrected chi connectivity index (χ4v) is 2.97. The van der Waals surface area contributed by atoms with E-state index in [2.05, 4.69) is 32.8 Å². The Kier molecular flexibility index (Phi) is 4.96. The van der Waals surface area contributed by atoms with Crippen molar-refractivity contribution in [2.45, 2.75) is 18.9 Å². The van der Waals surface area contributed by atoms with Gasteiger partial charge in [0.2, 0.25) is 5.56 Å². The van der Waals surface area contributed by atoms with Crippen LogP contribution in [0, 0.1) is 0 Å². The molecule has 0 radical (unpaired) electrons. The number of hydrogen-bond acceptors (Lipinski definition) is 4. The molecule has 1 aliphatic carbocycles. The molecule has 2 aliphatic rings. The van der Waals surface area contributed by atoms with Gasteiger partial charge in [0.15, 0.2) is 0 Å². The first kappa shape index (κ1) is 16.3. The maximum Gasteiger partial charge on any atom is 0.247 e. The van der Waals surface area contributed by atoms with E-state index in [4.69, 9.17) is 5.73 Å². The van der Waals surface area contributed by atoms with E-state index < -0.39 is 0 Å². The molecule has 0 bridgehead atoms. The molecule has 3 rings (SSSR count). The quantitative estimate of drug-likeness (QED) is 0.489. The number of amidine groups is 1. The van der Waals surface area contributed by atoms with Crippen LogP contribution in [-0.4, -0.2) is 37.0 Å². The first-order chi connectivity index (χ1) is 11.7. The molecule has 1 aromatic heterocycles. The van der Waals surface area contributed by atoms with Gasteiger partial charge in [0.25, 0.3) is 0 Å². The number of nitrogens with one attached hydrogen (secondary N) is 3. The summed E-state index contributed by atoms with van der Waals surface area (Å²) in [5, 5.41) is 6.56. The number of nitrogens with two attached hydrogens (primary N) is 1. The molecule has 0 aromatic carbocycles. The third-order valence-electron chi connectivity index (χ3n) is 4.33. The number of aliphatic imine (C=N–C) groups is 1. The second-order valence-corrected chi connectivity index (χ2v) is 5.91. The Labute approximate surface area is 141 Å². The molecule has 6 nitrogen and oxygen atoms in total. The van der Waals surface area contributed by atoms with Gasteiger partial charge in [-0.05, 0) is 23.6 Å². The van der Waals surface area contributed by atoms with Gasteiger partial charge in [-0.15, -0.1) is 0 Å². The van der Waals surface area contributed by atoms with E-state index in [1.54, 1.807) is 6.20 Å². The lowest BCUT2D eigenvalue weighted by atomic mass is 9.98. The van der Waals surface area contributed by atoms with Crippen molar-refractivity contribution < 1.29 is 0 Å². The van der Waals surface area contributed by atoms with E-state index >= 15 is 0 Å². The maximum absolute atomic E-state index is 11.1. The summed E-state index contributed by atoms with van der Waals surface area (Å²) < 4.78 is 0. The Hall–Kier alpha value is -2.60. The number of rotatable bonds is 4. The minimum absolute atomic E-state index is 0.0454. The number of hydrogen-bond donors (Lipinski definition) is 4. The topological polar surface area (TPSA) is 95.3 Å². The van der Waals surface area contributed by atoms with Gasteiger partial charge in [0.1, 0.15) is 5.84 Å². The predicted octanol–water partition coefficient (Wildman–Crippen LogP) is 0.911. The van der Waals surface area contributed by atoms with Crippen LogP contribution in [0.1, 0.15) is 18.4 Å². The molecule has 0 amide bonds. The summed E-state index contributed by atoms with van der Waals surface area (Å²) in [5.74, 6) is 0.599. The fraction of sp³-hybridized carbons (Fsp3) is 0.333. The molecule has 126 valence electrons. The molecule has 6 heteroatoms. The molecule has 0 spiro atoms. The summed E-state index contributed by atoms with van der Waals surface area (Å²) in [4.78, 5) is 18.5. The third kappa shape index (κ3) is 3.65. The molecule has 24 heavy (non-hydrogen) atoms. The van der Waals surface area contributed by atoms with Crippen LogP contribution >= 0.6 is 0 Å². The van der Waals surface area contributed by atoms with Gasteiger partial charge in [0.05, 0.1) is 6.04 Å². The Morgan fingerprint density at radius 1 is 1.42 bits per heavy atom. The van der Waals surface area contributed by atoms with Crippen LogP contribution in [0.3, 0.4) is 0 Å². The van der Waals surface area contributed by atoms with Gasteiger partial charge in [-0.2, -0.15) is 0 Å². The molecule has 1 unspecified atom stereocenters. The molecule has 1 aliphatic heterocycles. The first-order valence-corrected chi connectivity index (χ1v) is 8.19. The Morgan fingerprint density at radius 3 is 2.96 bits per heavy atom. The molecule has 0 saturated heterocycles. The van der Waals surface area contributed by atoms with E-state index in [0.717, 1.165) is 42.6 Å². The Morgan fingerprint density at radius 2 is 2.29 bits per heavy atom. The molecular formula is C18H23N5O. The highest BCUT2D eigenvalue weighted by atomic mass is 16.1. The number of allylic oxidation sites excluding steroid dienone is 2. The lowest BCUT2D eigenvalue weighted by molar-refractivity contribution is 0.658. The minimum Gasteiger partial charge on any atom is -0.391 e. The molecule has 0 fully saturated rings. The van der Waals surface area contributed by atoms with E-state index in [1.807, 2.05) is 19.2 Å². The maximum atomic E-state index is 11.1. The summed E-state index contributed by atoms with van der Waals surface area (Å²) in [6.07, 6.45) is 9.68. The molecule has 2 heterocycles. The van der Waals surface area contributed by atoms with Gasteiger partial charge < -0.3 is 21.4 Å². The van der Waals surface area contributed by atoms with E-state index in [0.29, 0.717) is 5.84 Å². The van der Waals surface area contributed by atoms with Crippen molar-refractivity contribution in [1.29, 1.82) is 0 Å². The van der Waals surface area contributed by atoms with Crippen molar-refractivity contribution in [3.05, 3.63) is 63.7 Å². The zero-order valence-electron chi connectivity index (χ0n) is 13.8. The Bertz CT molecular complexity index is 764. The second kappa shape index (κ2) is 7.31.